The van der Waals surface area contributed by atoms with Crippen LogP contribution < -0.4 is 4.74 Å². The Bertz CT molecular complexity index is 1680. The lowest BCUT2D eigenvalue weighted by Crippen LogP contribution is -2.39. The van der Waals surface area contributed by atoms with Gasteiger partial charge in [-0.15, -0.1) is 4.99 Å². The number of likely N-dealkylation sites (N-methyl/N-ethyl adjacent to an activating group) is 1. The third-order valence-corrected chi connectivity index (χ3v) is 8.05. The van der Waals surface area contributed by atoms with E-state index in [-0.39, 0.29) is 31.0 Å². The second-order valence-electron chi connectivity index (χ2n) is 10.8. The van der Waals surface area contributed by atoms with Crippen LogP contribution >= 0.6 is 0 Å². The maximum absolute atomic E-state index is 14.0. The molecule has 2 amide bonds. The van der Waals surface area contributed by atoms with Gasteiger partial charge in [0.1, 0.15) is 19.0 Å². The molecule has 1 unspecified atom stereocenters. The average molecular weight is 590 g/mol. The largest absolute Gasteiger partial charge is 0.497 e. The molecule has 9 nitrogen and oxygen atoms in total. The highest BCUT2D eigenvalue weighted by Crippen LogP contribution is 2.56. The number of ether oxygens (including phenoxy) is 3. The van der Waals surface area contributed by atoms with Crippen molar-refractivity contribution in [2.75, 3.05) is 14.2 Å². The van der Waals surface area contributed by atoms with Crippen molar-refractivity contribution in [2.45, 2.75) is 25.7 Å². The molecule has 1 heterocycles. The molecule has 9 heteroatoms. The molecule has 1 fully saturated rings. The van der Waals surface area contributed by atoms with Gasteiger partial charge in [0.05, 0.1) is 18.8 Å². The highest BCUT2D eigenvalue weighted by Gasteiger charge is 2.55. The molecule has 1 aliphatic heterocycles. The van der Waals surface area contributed by atoms with Crippen LogP contribution in [0.15, 0.2) is 120 Å². The zero-order chi connectivity index (χ0) is 30.7. The number of methoxy groups -OCH3 is 1. The van der Waals surface area contributed by atoms with Crippen molar-refractivity contribution in [3.8, 4) is 5.75 Å². The van der Waals surface area contributed by atoms with Crippen LogP contribution in [0.2, 0.25) is 0 Å². The third kappa shape index (κ3) is 5.51. The molecule has 0 saturated carbocycles. The maximum atomic E-state index is 14.0. The SMILES string of the molecule is COc1ccc(C2=C3C(CC24C=CC(=O)C=C4)N(C)/C(=N\C(=O)OCc2ccccc2)N3C(=O)OCc2ccccc2)cc1. The molecule has 1 spiro atoms. The van der Waals surface area contributed by atoms with Crippen molar-refractivity contribution in [3.05, 3.63) is 132 Å². The molecular formula is C35H31N3O6. The summed E-state index contributed by atoms with van der Waals surface area (Å²) in [5, 5.41) is 0. The number of aliphatic imine (C=N–C) groups is 1. The van der Waals surface area contributed by atoms with E-state index in [1.54, 1.807) is 31.2 Å². The lowest BCUT2D eigenvalue weighted by atomic mass is 9.75. The normalized spacial score (nSPS) is 19.1. The monoisotopic (exact) mass is 589 g/mol. The topological polar surface area (TPSA) is 97.7 Å². The predicted molar refractivity (Wildman–Crippen MR) is 164 cm³/mol. The number of benzene rings is 3. The van der Waals surface area contributed by atoms with Gasteiger partial charge in [-0.25, -0.2) is 14.5 Å². The van der Waals surface area contributed by atoms with E-state index < -0.39 is 17.6 Å². The van der Waals surface area contributed by atoms with E-state index in [2.05, 4.69) is 4.99 Å². The summed E-state index contributed by atoms with van der Waals surface area (Å²) in [7, 11) is 3.38. The number of hydrogen-bond acceptors (Lipinski definition) is 6. The van der Waals surface area contributed by atoms with Crippen LogP contribution in [0.1, 0.15) is 23.1 Å². The van der Waals surface area contributed by atoms with E-state index >= 15 is 0 Å². The van der Waals surface area contributed by atoms with Crippen LogP contribution in [0.5, 0.6) is 5.75 Å². The van der Waals surface area contributed by atoms with Gasteiger partial charge in [0.25, 0.3) is 0 Å². The number of rotatable bonds is 6. The Morgan fingerprint density at radius 3 is 2.05 bits per heavy atom. The maximum Gasteiger partial charge on any atom is 0.437 e. The minimum Gasteiger partial charge on any atom is -0.497 e. The highest BCUT2D eigenvalue weighted by atomic mass is 16.6. The van der Waals surface area contributed by atoms with Gasteiger partial charge < -0.3 is 19.1 Å². The standard InChI is InChI=1S/C35H31N3O6/c1-37-29-21-35(19-17-27(39)18-20-35)30(26-13-15-28(42-2)16-14-26)31(29)38(34(41)44-23-25-11-7-4-8-12-25)32(37)36-33(40)43-22-24-9-5-3-6-10-24/h3-20,29H,21-23H2,1-2H3/b36-32+. The quantitative estimate of drug-likeness (QED) is 0.341. The summed E-state index contributed by atoms with van der Waals surface area (Å²) in [4.78, 5) is 46.6. The number of allylic oxidation sites excluding steroid dienone is 5. The summed E-state index contributed by atoms with van der Waals surface area (Å²) in [6.07, 6.45) is 5.86. The number of carbonyl (C=O) groups excluding carboxylic acids is 3. The van der Waals surface area contributed by atoms with Crippen molar-refractivity contribution < 1.29 is 28.6 Å². The van der Waals surface area contributed by atoms with Crippen molar-refractivity contribution in [1.29, 1.82) is 0 Å². The van der Waals surface area contributed by atoms with E-state index in [0.717, 1.165) is 22.3 Å². The molecule has 2 aliphatic carbocycles. The van der Waals surface area contributed by atoms with Crippen molar-refractivity contribution in [3.63, 3.8) is 0 Å². The number of ketones is 1. The van der Waals surface area contributed by atoms with Crippen LogP contribution in [0, 0.1) is 5.41 Å². The van der Waals surface area contributed by atoms with E-state index in [1.165, 1.54) is 4.90 Å². The predicted octanol–water partition coefficient (Wildman–Crippen LogP) is 6.14. The molecule has 0 radical (unpaired) electrons. The molecule has 3 aromatic rings. The van der Waals surface area contributed by atoms with Gasteiger partial charge in [0.2, 0.25) is 5.96 Å². The first-order chi connectivity index (χ1) is 21.4. The first-order valence-corrected chi connectivity index (χ1v) is 14.2. The lowest BCUT2D eigenvalue weighted by Gasteiger charge is -2.31. The van der Waals surface area contributed by atoms with Gasteiger partial charge in [-0.2, -0.15) is 0 Å². The van der Waals surface area contributed by atoms with Crippen LogP contribution in [0.4, 0.5) is 9.59 Å². The molecule has 6 rings (SSSR count). The van der Waals surface area contributed by atoms with Crippen molar-refractivity contribution >= 4 is 29.5 Å². The van der Waals surface area contributed by atoms with Crippen LogP contribution in [-0.4, -0.2) is 53.9 Å². The molecule has 0 bridgehead atoms. The number of guanidine groups is 1. The number of nitrogens with zero attached hydrogens (tertiary/aromatic N) is 3. The third-order valence-electron chi connectivity index (χ3n) is 8.05. The first kappa shape index (κ1) is 28.7. The van der Waals surface area contributed by atoms with E-state index in [1.807, 2.05) is 97.1 Å². The summed E-state index contributed by atoms with van der Waals surface area (Å²) in [6, 6.07) is 25.8. The highest BCUT2D eigenvalue weighted by molar-refractivity contribution is 6.07. The van der Waals surface area contributed by atoms with Crippen LogP contribution in [0.3, 0.4) is 0 Å². The second-order valence-corrected chi connectivity index (χ2v) is 10.8. The average Bonchev–Trinajstić information content (AvgIpc) is 3.51. The van der Waals surface area contributed by atoms with Crippen LogP contribution in [0.25, 0.3) is 5.57 Å². The minimum atomic E-state index is -0.832. The Hall–Kier alpha value is -5.44. The zero-order valence-corrected chi connectivity index (χ0v) is 24.4. The summed E-state index contributed by atoms with van der Waals surface area (Å²) < 4.78 is 16.6. The van der Waals surface area contributed by atoms with Crippen molar-refractivity contribution in [1.82, 2.24) is 9.80 Å². The number of amides is 2. The van der Waals surface area contributed by atoms with E-state index in [9.17, 15) is 14.4 Å². The molecule has 222 valence electrons. The Labute approximate surface area is 255 Å². The smallest absolute Gasteiger partial charge is 0.437 e. The number of carbonyl (C=O) groups is 3. The van der Waals surface area contributed by atoms with Gasteiger partial charge in [0.15, 0.2) is 5.78 Å². The summed E-state index contributed by atoms with van der Waals surface area (Å²) in [5.74, 6) is 0.670. The molecule has 44 heavy (non-hydrogen) atoms. The van der Waals surface area contributed by atoms with Gasteiger partial charge >= 0.3 is 12.2 Å². The lowest BCUT2D eigenvalue weighted by molar-refractivity contribution is -0.110. The Kier molecular flexibility index (Phi) is 7.85. The molecule has 1 saturated heterocycles. The van der Waals surface area contributed by atoms with Gasteiger partial charge in [-0.05, 0) is 53.0 Å². The summed E-state index contributed by atoms with van der Waals surface area (Å²) in [5.41, 5.74) is 3.19. The van der Waals surface area contributed by atoms with Crippen LogP contribution in [-0.2, 0) is 27.5 Å². The second kappa shape index (κ2) is 12.0. The zero-order valence-electron chi connectivity index (χ0n) is 24.4. The Morgan fingerprint density at radius 1 is 0.864 bits per heavy atom. The Balaban J connectivity index is 1.44. The first-order valence-electron chi connectivity index (χ1n) is 14.2. The van der Waals surface area contributed by atoms with Crippen molar-refractivity contribution in [2.24, 2.45) is 10.4 Å². The molecular weight excluding hydrogens is 558 g/mol. The van der Waals surface area contributed by atoms with Gasteiger partial charge in [0, 0.05) is 12.5 Å². The molecule has 3 aromatic carbocycles. The Morgan fingerprint density at radius 2 is 1.45 bits per heavy atom. The molecule has 1 atom stereocenters. The number of fused-ring (bicyclic) bond motifs is 1. The number of hydrogen-bond donors (Lipinski definition) is 0. The molecule has 3 aliphatic rings. The fraction of sp³-hybridized carbons (Fsp3) is 0.200. The van der Waals surface area contributed by atoms with Gasteiger partial charge in [-0.1, -0.05) is 84.9 Å². The molecule has 0 aromatic heterocycles. The van der Waals surface area contributed by atoms with E-state index in [4.69, 9.17) is 14.2 Å². The van der Waals surface area contributed by atoms with E-state index in [0.29, 0.717) is 17.9 Å². The summed E-state index contributed by atoms with van der Waals surface area (Å²) in [6.45, 7) is 0.0649. The summed E-state index contributed by atoms with van der Waals surface area (Å²) >= 11 is 0. The van der Waals surface area contributed by atoms with Gasteiger partial charge in [-0.3, -0.25) is 4.79 Å². The molecule has 0 N–H and O–H groups in total. The fourth-order valence-corrected chi connectivity index (χ4v) is 5.89. The minimum absolute atomic E-state index is 0.0287. The fourth-order valence-electron chi connectivity index (χ4n) is 5.89.